The van der Waals surface area contributed by atoms with Crippen LogP contribution in [0.5, 0.6) is 0 Å². The number of benzene rings is 2. The van der Waals surface area contributed by atoms with Gasteiger partial charge in [0.25, 0.3) is 5.91 Å². The highest BCUT2D eigenvalue weighted by Gasteiger charge is 2.12. The van der Waals surface area contributed by atoms with Crippen molar-refractivity contribution in [3.8, 4) is 0 Å². The first-order valence-electron chi connectivity index (χ1n) is 7.48. The SMILES string of the molecule is Cc1ccc(Nc2nc(C(=O)Nc3ccc(Cl)c(Cl)c3)cs2)c(C)c1. The number of halogens is 2. The van der Waals surface area contributed by atoms with Crippen molar-refractivity contribution < 1.29 is 4.79 Å². The Kier molecular flexibility index (Phi) is 5.27. The third-order valence-electron chi connectivity index (χ3n) is 3.54. The van der Waals surface area contributed by atoms with Crippen LogP contribution < -0.4 is 10.6 Å². The van der Waals surface area contributed by atoms with Crippen molar-refractivity contribution in [2.75, 3.05) is 10.6 Å². The minimum Gasteiger partial charge on any atom is -0.331 e. The van der Waals surface area contributed by atoms with Gasteiger partial charge in [-0.1, -0.05) is 40.9 Å². The van der Waals surface area contributed by atoms with E-state index in [4.69, 9.17) is 23.2 Å². The number of rotatable bonds is 4. The third-order valence-corrected chi connectivity index (χ3v) is 5.03. The lowest BCUT2D eigenvalue weighted by molar-refractivity contribution is 0.102. The summed E-state index contributed by atoms with van der Waals surface area (Å²) < 4.78 is 0. The Labute approximate surface area is 159 Å². The molecule has 128 valence electrons. The van der Waals surface area contributed by atoms with Crippen LogP contribution >= 0.6 is 34.5 Å². The Hall–Kier alpha value is -2.08. The molecular formula is C18H15Cl2N3OS. The summed E-state index contributed by atoms with van der Waals surface area (Å²) in [6.45, 7) is 4.08. The molecule has 0 radical (unpaired) electrons. The molecule has 1 aromatic heterocycles. The van der Waals surface area contributed by atoms with Crippen LogP contribution in [0.3, 0.4) is 0 Å². The fraction of sp³-hybridized carbons (Fsp3) is 0.111. The minimum absolute atomic E-state index is 0.302. The van der Waals surface area contributed by atoms with Gasteiger partial charge in [0.05, 0.1) is 10.0 Å². The van der Waals surface area contributed by atoms with Crippen molar-refractivity contribution >= 4 is 57.0 Å². The molecule has 0 aliphatic rings. The van der Waals surface area contributed by atoms with Gasteiger partial charge in [-0.3, -0.25) is 4.79 Å². The van der Waals surface area contributed by atoms with Gasteiger partial charge in [0.15, 0.2) is 5.13 Å². The molecule has 0 unspecified atom stereocenters. The number of nitrogens with zero attached hydrogens (tertiary/aromatic N) is 1. The zero-order valence-corrected chi connectivity index (χ0v) is 15.9. The molecule has 1 amide bonds. The Morgan fingerprint density at radius 1 is 1.08 bits per heavy atom. The van der Waals surface area contributed by atoms with Gasteiger partial charge in [-0.15, -0.1) is 11.3 Å². The van der Waals surface area contributed by atoms with E-state index in [1.807, 2.05) is 26.0 Å². The topological polar surface area (TPSA) is 54.0 Å². The van der Waals surface area contributed by atoms with Crippen molar-refractivity contribution in [1.82, 2.24) is 4.98 Å². The number of carbonyl (C=O) groups is 1. The second-order valence-corrected chi connectivity index (χ2v) is 7.24. The Morgan fingerprint density at radius 2 is 1.88 bits per heavy atom. The lowest BCUT2D eigenvalue weighted by Crippen LogP contribution is -2.12. The average molecular weight is 392 g/mol. The van der Waals surface area contributed by atoms with Crippen molar-refractivity contribution in [2.45, 2.75) is 13.8 Å². The number of anilines is 3. The monoisotopic (exact) mass is 391 g/mol. The molecular weight excluding hydrogens is 377 g/mol. The van der Waals surface area contributed by atoms with Crippen molar-refractivity contribution in [1.29, 1.82) is 0 Å². The van der Waals surface area contributed by atoms with Gasteiger partial charge < -0.3 is 10.6 Å². The number of hydrogen-bond donors (Lipinski definition) is 2. The molecule has 25 heavy (non-hydrogen) atoms. The molecule has 2 N–H and O–H groups in total. The molecule has 3 rings (SSSR count). The Bertz CT molecular complexity index is 940. The normalized spacial score (nSPS) is 10.6. The zero-order chi connectivity index (χ0) is 18.0. The van der Waals surface area contributed by atoms with E-state index in [-0.39, 0.29) is 5.91 Å². The fourth-order valence-electron chi connectivity index (χ4n) is 2.27. The predicted molar refractivity (Wildman–Crippen MR) is 106 cm³/mol. The number of hydrogen-bond acceptors (Lipinski definition) is 4. The van der Waals surface area contributed by atoms with Gasteiger partial charge >= 0.3 is 0 Å². The van der Waals surface area contributed by atoms with Crippen LogP contribution in [0.25, 0.3) is 0 Å². The molecule has 0 spiro atoms. The van der Waals surface area contributed by atoms with E-state index in [9.17, 15) is 4.79 Å². The summed E-state index contributed by atoms with van der Waals surface area (Å²) in [5.41, 5.74) is 4.19. The zero-order valence-electron chi connectivity index (χ0n) is 13.6. The lowest BCUT2D eigenvalue weighted by Gasteiger charge is -2.07. The fourth-order valence-corrected chi connectivity index (χ4v) is 3.27. The quantitative estimate of drug-likeness (QED) is 0.567. The summed E-state index contributed by atoms with van der Waals surface area (Å²) in [6, 6.07) is 11.0. The van der Waals surface area contributed by atoms with Gasteiger partial charge in [-0.05, 0) is 43.7 Å². The van der Waals surface area contributed by atoms with Crippen molar-refractivity contribution in [3.63, 3.8) is 0 Å². The van der Waals surface area contributed by atoms with Crippen LogP contribution in [0, 0.1) is 13.8 Å². The predicted octanol–water partition coefficient (Wildman–Crippen LogP) is 6.06. The van der Waals surface area contributed by atoms with E-state index in [1.54, 1.807) is 23.6 Å². The lowest BCUT2D eigenvalue weighted by atomic mass is 10.1. The molecule has 0 saturated carbocycles. The van der Waals surface area contributed by atoms with Crippen LogP contribution in [0.15, 0.2) is 41.8 Å². The van der Waals surface area contributed by atoms with Crippen molar-refractivity contribution in [3.05, 3.63) is 68.6 Å². The summed E-state index contributed by atoms with van der Waals surface area (Å²) in [5, 5.41) is 9.19. The van der Waals surface area contributed by atoms with E-state index in [0.29, 0.717) is 26.6 Å². The molecule has 7 heteroatoms. The van der Waals surface area contributed by atoms with Crippen LogP contribution in [0.2, 0.25) is 10.0 Å². The summed E-state index contributed by atoms with van der Waals surface area (Å²) in [7, 11) is 0. The van der Waals surface area contributed by atoms with Gasteiger partial charge in [0, 0.05) is 16.8 Å². The molecule has 3 aromatic rings. The largest absolute Gasteiger partial charge is 0.331 e. The molecule has 0 saturated heterocycles. The summed E-state index contributed by atoms with van der Waals surface area (Å²) >= 11 is 13.2. The second kappa shape index (κ2) is 7.44. The van der Waals surface area contributed by atoms with E-state index in [1.165, 1.54) is 16.9 Å². The van der Waals surface area contributed by atoms with Crippen LogP contribution in [0.1, 0.15) is 21.6 Å². The highest BCUT2D eigenvalue weighted by Crippen LogP contribution is 2.27. The van der Waals surface area contributed by atoms with E-state index in [2.05, 4.69) is 21.7 Å². The van der Waals surface area contributed by atoms with Crippen LogP contribution in [-0.4, -0.2) is 10.9 Å². The Balaban J connectivity index is 1.71. The maximum atomic E-state index is 12.3. The van der Waals surface area contributed by atoms with E-state index < -0.39 is 0 Å². The summed E-state index contributed by atoms with van der Waals surface area (Å²) in [5.74, 6) is -0.302. The molecule has 0 bridgehead atoms. The van der Waals surface area contributed by atoms with Crippen molar-refractivity contribution in [2.24, 2.45) is 0 Å². The van der Waals surface area contributed by atoms with Gasteiger partial charge in [0.1, 0.15) is 5.69 Å². The standard InChI is InChI=1S/C18H15Cl2N3OS/c1-10-3-6-15(11(2)7-10)22-18-23-16(9-25-18)17(24)21-12-4-5-13(19)14(20)8-12/h3-9H,1-2H3,(H,21,24)(H,22,23). The van der Waals surface area contributed by atoms with Crippen LogP contribution in [0.4, 0.5) is 16.5 Å². The van der Waals surface area contributed by atoms with E-state index in [0.717, 1.165) is 11.3 Å². The smallest absolute Gasteiger partial charge is 0.275 e. The summed E-state index contributed by atoms with van der Waals surface area (Å²) in [6.07, 6.45) is 0. The van der Waals surface area contributed by atoms with E-state index >= 15 is 0 Å². The third kappa shape index (κ3) is 4.31. The molecule has 0 atom stereocenters. The van der Waals surface area contributed by atoms with Crippen LogP contribution in [-0.2, 0) is 0 Å². The maximum Gasteiger partial charge on any atom is 0.275 e. The number of aromatic nitrogens is 1. The number of thiazole rings is 1. The van der Waals surface area contributed by atoms with Gasteiger partial charge in [0.2, 0.25) is 0 Å². The van der Waals surface area contributed by atoms with Gasteiger partial charge in [-0.25, -0.2) is 4.98 Å². The molecule has 2 aromatic carbocycles. The second-order valence-electron chi connectivity index (χ2n) is 5.56. The first-order valence-corrected chi connectivity index (χ1v) is 9.12. The number of carbonyl (C=O) groups excluding carboxylic acids is 1. The number of nitrogens with one attached hydrogen (secondary N) is 2. The minimum atomic E-state index is -0.302. The molecule has 0 aliphatic heterocycles. The first-order chi connectivity index (χ1) is 11.9. The molecule has 4 nitrogen and oxygen atoms in total. The molecule has 0 fully saturated rings. The van der Waals surface area contributed by atoms with Gasteiger partial charge in [-0.2, -0.15) is 0 Å². The number of amides is 1. The molecule has 0 aliphatic carbocycles. The Morgan fingerprint density at radius 3 is 2.60 bits per heavy atom. The number of aryl methyl sites for hydroxylation is 2. The average Bonchev–Trinajstić information content (AvgIpc) is 3.02. The molecule has 1 heterocycles. The highest BCUT2D eigenvalue weighted by atomic mass is 35.5. The maximum absolute atomic E-state index is 12.3. The first kappa shape index (κ1) is 17.7. The summed E-state index contributed by atoms with van der Waals surface area (Å²) in [4.78, 5) is 16.7. The highest BCUT2D eigenvalue weighted by molar-refractivity contribution is 7.14.